The van der Waals surface area contributed by atoms with Gasteiger partial charge in [0, 0.05) is 30.2 Å². The molecule has 13 heavy (non-hydrogen) atoms. The van der Waals surface area contributed by atoms with E-state index in [1.54, 1.807) is 0 Å². The van der Waals surface area contributed by atoms with Gasteiger partial charge in [-0.2, -0.15) is 0 Å². The highest BCUT2D eigenvalue weighted by molar-refractivity contribution is 7.88. The largest absolute Gasteiger partial charge is 0.310 e. The standard InChI is InChI=1S/C6H12Cl2N2O2S/c1-13(11,12)10-3-2-9-5-6(8)4-7/h4,9-10H,2-3,5H2,1H3. The molecule has 0 radical (unpaired) electrons. The van der Waals surface area contributed by atoms with Gasteiger partial charge in [-0.15, -0.1) is 0 Å². The van der Waals surface area contributed by atoms with E-state index in [1.165, 1.54) is 5.54 Å². The Morgan fingerprint density at radius 1 is 1.46 bits per heavy atom. The highest BCUT2D eigenvalue weighted by atomic mass is 35.5. The Morgan fingerprint density at radius 2 is 2.08 bits per heavy atom. The zero-order chi connectivity index (χ0) is 10.3. The molecule has 0 aliphatic carbocycles. The summed E-state index contributed by atoms with van der Waals surface area (Å²) in [5, 5.41) is 3.38. The molecule has 0 saturated carbocycles. The van der Waals surface area contributed by atoms with Crippen molar-refractivity contribution in [1.82, 2.24) is 10.0 Å². The van der Waals surface area contributed by atoms with Crippen molar-refractivity contribution in [3.8, 4) is 0 Å². The van der Waals surface area contributed by atoms with Crippen LogP contribution in [-0.4, -0.2) is 34.3 Å². The fourth-order valence-electron chi connectivity index (χ4n) is 0.571. The van der Waals surface area contributed by atoms with Crippen LogP contribution in [0.5, 0.6) is 0 Å². The van der Waals surface area contributed by atoms with Crippen molar-refractivity contribution in [2.75, 3.05) is 25.9 Å². The molecule has 0 aliphatic rings. The second-order valence-corrected chi connectivity index (χ2v) is 4.94. The van der Waals surface area contributed by atoms with Gasteiger partial charge < -0.3 is 5.32 Å². The van der Waals surface area contributed by atoms with E-state index in [0.29, 0.717) is 24.7 Å². The summed E-state index contributed by atoms with van der Waals surface area (Å²) in [6.07, 6.45) is 1.11. The Bertz CT molecular complexity index is 264. The zero-order valence-corrected chi connectivity index (χ0v) is 9.51. The van der Waals surface area contributed by atoms with Gasteiger partial charge in [-0.1, -0.05) is 23.2 Å². The number of sulfonamides is 1. The maximum Gasteiger partial charge on any atom is 0.208 e. The summed E-state index contributed by atoms with van der Waals surface area (Å²) in [4.78, 5) is 0. The lowest BCUT2D eigenvalue weighted by Gasteiger charge is -2.03. The van der Waals surface area contributed by atoms with E-state index in [0.717, 1.165) is 6.26 Å². The van der Waals surface area contributed by atoms with Crippen LogP contribution < -0.4 is 10.0 Å². The molecule has 0 rings (SSSR count). The second-order valence-electron chi connectivity index (χ2n) is 2.40. The first-order valence-corrected chi connectivity index (χ1v) is 6.26. The SMILES string of the molecule is CS(=O)(=O)NCCNCC(Cl)=CCl. The molecular formula is C6H12Cl2N2O2S. The van der Waals surface area contributed by atoms with Crippen molar-refractivity contribution in [3.63, 3.8) is 0 Å². The molecule has 0 spiro atoms. The Labute approximate surface area is 88.3 Å². The van der Waals surface area contributed by atoms with Crippen molar-refractivity contribution in [1.29, 1.82) is 0 Å². The summed E-state index contributed by atoms with van der Waals surface area (Å²) in [5.74, 6) is 0. The zero-order valence-electron chi connectivity index (χ0n) is 7.18. The van der Waals surface area contributed by atoms with Crippen LogP contribution >= 0.6 is 23.2 Å². The summed E-state index contributed by atoms with van der Waals surface area (Å²) in [5.41, 5.74) is 1.26. The fourth-order valence-corrected chi connectivity index (χ4v) is 1.22. The molecule has 0 bridgehead atoms. The van der Waals surface area contributed by atoms with Gasteiger partial charge in [0.05, 0.1) is 6.26 Å². The van der Waals surface area contributed by atoms with Gasteiger partial charge in [0.2, 0.25) is 10.0 Å². The van der Waals surface area contributed by atoms with Crippen molar-refractivity contribution in [3.05, 3.63) is 10.6 Å². The van der Waals surface area contributed by atoms with E-state index < -0.39 is 10.0 Å². The molecule has 0 aromatic carbocycles. The predicted molar refractivity (Wildman–Crippen MR) is 55.5 cm³/mol. The molecule has 0 unspecified atom stereocenters. The Kier molecular flexibility index (Phi) is 6.71. The molecule has 0 aliphatic heterocycles. The minimum atomic E-state index is -3.09. The lowest BCUT2D eigenvalue weighted by molar-refractivity contribution is 0.584. The van der Waals surface area contributed by atoms with E-state index in [1.807, 2.05) is 0 Å². The van der Waals surface area contributed by atoms with Crippen LogP contribution in [0, 0.1) is 0 Å². The van der Waals surface area contributed by atoms with E-state index in [9.17, 15) is 8.42 Å². The maximum atomic E-state index is 10.6. The van der Waals surface area contributed by atoms with Crippen LogP contribution in [0.4, 0.5) is 0 Å². The molecule has 0 saturated heterocycles. The molecule has 78 valence electrons. The van der Waals surface area contributed by atoms with Crippen LogP contribution in [0.3, 0.4) is 0 Å². The molecule has 0 amide bonds. The number of nitrogens with one attached hydrogen (secondary N) is 2. The number of halogens is 2. The van der Waals surface area contributed by atoms with Crippen molar-refractivity contribution >= 4 is 33.2 Å². The summed E-state index contributed by atoms with van der Waals surface area (Å²) < 4.78 is 23.5. The normalized spacial score (nSPS) is 13.3. The molecule has 2 N–H and O–H groups in total. The van der Waals surface area contributed by atoms with E-state index in [4.69, 9.17) is 23.2 Å². The van der Waals surface area contributed by atoms with Gasteiger partial charge in [0.15, 0.2) is 0 Å². The Morgan fingerprint density at radius 3 is 2.54 bits per heavy atom. The quantitative estimate of drug-likeness (QED) is 0.670. The highest BCUT2D eigenvalue weighted by Crippen LogP contribution is 1.99. The van der Waals surface area contributed by atoms with E-state index in [2.05, 4.69) is 10.0 Å². The van der Waals surface area contributed by atoms with Crippen molar-refractivity contribution < 1.29 is 8.42 Å². The molecule has 0 fully saturated rings. The Hall–Kier alpha value is 0.190. The van der Waals surface area contributed by atoms with Crippen LogP contribution in [0.25, 0.3) is 0 Å². The van der Waals surface area contributed by atoms with Gasteiger partial charge in [0.25, 0.3) is 0 Å². The van der Waals surface area contributed by atoms with Crippen LogP contribution in [0.1, 0.15) is 0 Å². The summed E-state index contributed by atoms with van der Waals surface area (Å²) in [6, 6.07) is 0. The summed E-state index contributed by atoms with van der Waals surface area (Å²) >= 11 is 10.9. The first kappa shape index (κ1) is 13.2. The summed E-state index contributed by atoms with van der Waals surface area (Å²) in [6.45, 7) is 1.29. The second kappa shape index (κ2) is 6.62. The summed E-state index contributed by atoms with van der Waals surface area (Å²) in [7, 11) is -3.09. The topological polar surface area (TPSA) is 58.2 Å². The van der Waals surface area contributed by atoms with Gasteiger partial charge in [0.1, 0.15) is 0 Å². The third kappa shape index (κ3) is 10.1. The molecule has 0 aromatic rings. The predicted octanol–water partition coefficient (Wildman–Crippen LogP) is 0.444. The van der Waals surface area contributed by atoms with Gasteiger partial charge in [-0.05, 0) is 0 Å². The van der Waals surface area contributed by atoms with Gasteiger partial charge in [-0.25, -0.2) is 13.1 Å². The van der Waals surface area contributed by atoms with Crippen LogP contribution in [0.2, 0.25) is 0 Å². The maximum absolute atomic E-state index is 10.6. The number of hydrogen-bond donors (Lipinski definition) is 2. The average molecular weight is 247 g/mol. The van der Waals surface area contributed by atoms with Crippen LogP contribution in [0.15, 0.2) is 10.6 Å². The van der Waals surface area contributed by atoms with Crippen molar-refractivity contribution in [2.45, 2.75) is 0 Å². The first-order chi connectivity index (χ1) is 5.95. The van der Waals surface area contributed by atoms with Gasteiger partial charge >= 0.3 is 0 Å². The van der Waals surface area contributed by atoms with E-state index >= 15 is 0 Å². The Balaban J connectivity index is 3.38. The lowest BCUT2D eigenvalue weighted by Crippen LogP contribution is -2.31. The highest BCUT2D eigenvalue weighted by Gasteiger charge is 1.98. The minimum Gasteiger partial charge on any atom is -0.310 e. The third-order valence-electron chi connectivity index (χ3n) is 1.08. The third-order valence-corrected chi connectivity index (χ3v) is 2.42. The molecule has 4 nitrogen and oxygen atoms in total. The average Bonchev–Trinajstić information content (AvgIpc) is 2.01. The molecule has 0 heterocycles. The fraction of sp³-hybridized carbons (Fsp3) is 0.667. The monoisotopic (exact) mass is 246 g/mol. The molecule has 0 atom stereocenters. The number of hydrogen-bond acceptors (Lipinski definition) is 3. The molecular weight excluding hydrogens is 235 g/mol. The van der Waals surface area contributed by atoms with E-state index in [-0.39, 0.29) is 0 Å². The van der Waals surface area contributed by atoms with Crippen molar-refractivity contribution in [2.24, 2.45) is 0 Å². The molecule has 0 aromatic heterocycles. The van der Waals surface area contributed by atoms with Crippen LogP contribution in [-0.2, 0) is 10.0 Å². The lowest BCUT2D eigenvalue weighted by atomic mass is 10.5. The number of rotatable bonds is 6. The van der Waals surface area contributed by atoms with Gasteiger partial charge in [-0.3, -0.25) is 0 Å². The smallest absolute Gasteiger partial charge is 0.208 e. The molecule has 7 heteroatoms. The minimum absolute atomic E-state index is 0.339. The first-order valence-electron chi connectivity index (χ1n) is 3.56.